The van der Waals surface area contributed by atoms with Crippen LogP contribution in [0.1, 0.15) is 37.6 Å². The van der Waals surface area contributed by atoms with Gasteiger partial charge in [0.25, 0.3) is 0 Å². The van der Waals surface area contributed by atoms with Crippen molar-refractivity contribution < 1.29 is 24.6 Å². The highest BCUT2D eigenvalue weighted by Crippen LogP contribution is 2.31. The van der Waals surface area contributed by atoms with E-state index in [-0.39, 0.29) is 17.9 Å². The molecule has 0 aliphatic heterocycles. The number of nitrogens with one attached hydrogen (secondary N) is 1. The number of hydrogen-bond donors (Lipinski definition) is 3. The second-order valence-electron chi connectivity index (χ2n) is 5.48. The van der Waals surface area contributed by atoms with Crippen molar-refractivity contribution in [2.24, 2.45) is 11.3 Å². The molecular weight excluding hydrogens is 274 g/mol. The normalized spacial score (nSPS) is 13.5. The van der Waals surface area contributed by atoms with Crippen LogP contribution >= 0.6 is 0 Å². The molecule has 0 saturated carbocycles. The maximum Gasteiger partial charge on any atom is 0.335 e. The first-order valence-electron chi connectivity index (χ1n) is 6.53. The number of carboxylic acids is 2. The molecule has 0 heterocycles. The molecule has 0 aromatic heterocycles. The van der Waals surface area contributed by atoms with Gasteiger partial charge in [-0.3, -0.25) is 9.59 Å². The zero-order valence-corrected chi connectivity index (χ0v) is 12.2. The highest BCUT2D eigenvalue weighted by Gasteiger charge is 2.38. The average Bonchev–Trinajstić information content (AvgIpc) is 2.38. The fraction of sp³-hybridized carbons (Fsp3) is 0.400. The average molecular weight is 293 g/mol. The summed E-state index contributed by atoms with van der Waals surface area (Å²) in [6.45, 7) is 5.04. The second kappa shape index (κ2) is 6.39. The molecule has 1 rings (SSSR count). The Hall–Kier alpha value is -2.37. The molecule has 1 amide bonds. The molecule has 0 fully saturated rings. The van der Waals surface area contributed by atoms with Gasteiger partial charge in [0.2, 0.25) is 5.91 Å². The summed E-state index contributed by atoms with van der Waals surface area (Å²) in [4.78, 5) is 34.0. The molecule has 0 saturated heterocycles. The van der Waals surface area contributed by atoms with E-state index in [1.807, 2.05) is 0 Å². The van der Waals surface area contributed by atoms with Gasteiger partial charge in [0.1, 0.15) is 0 Å². The Bertz CT molecular complexity index is 550. The Morgan fingerprint density at radius 3 is 2.05 bits per heavy atom. The number of amides is 1. The number of carbonyl (C=O) groups excluding carboxylic acids is 1. The topological polar surface area (TPSA) is 104 Å². The van der Waals surface area contributed by atoms with Gasteiger partial charge in [0.15, 0.2) is 0 Å². The van der Waals surface area contributed by atoms with Crippen molar-refractivity contribution in [2.75, 3.05) is 5.32 Å². The number of rotatable bonds is 6. The van der Waals surface area contributed by atoms with Crippen LogP contribution in [-0.2, 0) is 9.59 Å². The molecule has 21 heavy (non-hydrogen) atoms. The van der Waals surface area contributed by atoms with Gasteiger partial charge in [-0.05, 0) is 37.1 Å². The Morgan fingerprint density at radius 2 is 1.67 bits per heavy atom. The number of anilines is 1. The molecule has 6 heteroatoms. The highest BCUT2D eigenvalue weighted by atomic mass is 16.4. The Labute approximate surface area is 122 Å². The van der Waals surface area contributed by atoms with Crippen molar-refractivity contribution >= 4 is 23.5 Å². The van der Waals surface area contributed by atoms with Crippen molar-refractivity contribution in [2.45, 2.75) is 27.2 Å². The lowest BCUT2D eigenvalue weighted by molar-refractivity contribution is -0.153. The van der Waals surface area contributed by atoms with E-state index >= 15 is 0 Å². The molecule has 0 spiro atoms. The monoisotopic (exact) mass is 293 g/mol. The quantitative estimate of drug-likeness (QED) is 0.747. The third-order valence-corrected chi connectivity index (χ3v) is 3.71. The fourth-order valence-electron chi connectivity index (χ4n) is 1.76. The van der Waals surface area contributed by atoms with Crippen LogP contribution in [0.3, 0.4) is 0 Å². The Balaban J connectivity index is 2.77. The maximum absolute atomic E-state index is 12.0. The van der Waals surface area contributed by atoms with Crippen LogP contribution in [0.25, 0.3) is 0 Å². The van der Waals surface area contributed by atoms with Crippen LogP contribution in [0.15, 0.2) is 24.3 Å². The fourth-order valence-corrected chi connectivity index (χ4v) is 1.76. The minimum absolute atomic E-state index is 0.116. The molecule has 114 valence electrons. The zero-order valence-electron chi connectivity index (χ0n) is 12.2. The minimum atomic E-state index is -1.15. The molecule has 0 radical (unpaired) electrons. The van der Waals surface area contributed by atoms with Crippen LogP contribution in [0, 0.1) is 11.3 Å². The van der Waals surface area contributed by atoms with Crippen molar-refractivity contribution in [3.63, 3.8) is 0 Å². The van der Waals surface area contributed by atoms with E-state index < -0.39 is 23.3 Å². The van der Waals surface area contributed by atoms with Crippen molar-refractivity contribution in [3.05, 3.63) is 29.8 Å². The maximum atomic E-state index is 12.0. The summed E-state index contributed by atoms with van der Waals surface area (Å²) < 4.78 is 0. The third-order valence-electron chi connectivity index (χ3n) is 3.71. The molecule has 3 N–H and O–H groups in total. The molecule has 1 unspecified atom stereocenters. The van der Waals surface area contributed by atoms with Crippen molar-refractivity contribution in [1.29, 1.82) is 0 Å². The van der Waals surface area contributed by atoms with E-state index in [4.69, 9.17) is 5.11 Å². The van der Waals surface area contributed by atoms with Gasteiger partial charge in [-0.2, -0.15) is 0 Å². The predicted octanol–water partition coefficient (Wildman–Crippen LogP) is 2.46. The van der Waals surface area contributed by atoms with Crippen LogP contribution in [-0.4, -0.2) is 28.1 Å². The SMILES string of the molecule is CC(C)C(C)(CC(=O)Nc1ccc(C(=O)O)cc1)C(=O)O. The second-order valence-corrected chi connectivity index (χ2v) is 5.48. The Kier molecular flexibility index (Phi) is 5.07. The van der Waals surface area contributed by atoms with E-state index in [0.29, 0.717) is 5.69 Å². The number of aromatic carboxylic acids is 1. The van der Waals surface area contributed by atoms with E-state index in [1.165, 1.54) is 31.2 Å². The van der Waals surface area contributed by atoms with Crippen molar-refractivity contribution in [3.8, 4) is 0 Å². The highest BCUT2D eigenvalue weighted by molar-refractivity contribution is 5.95. The van der Waals surface area contributed by atoms with Gasteiger partial charge in [0.05, 0.1) is 11.0 Å². The van der Waals surface area contributed by atoms with E-state index in [2.05, 4.69) is 5.32 Å². The van der Waals surface area contributed by atoms with Gasteiger partial charge in [-0.15, -0.1) is 0 Å². The van der Waals surface area contributed by atoms with Gasteiger partial charge in [0, 0.05) is 12.1 Å². The Morgan fingerprint density at radius 1 is 1.14 bits per heavy atom. The third kappa shape index (κ3) is 4.05. The van der Waals surface area contributed by atoms with Gasteiger partial charge < -0.3 is 15.5 Å². The van der Waals surface area contributed by atoms with Crippen LogP contribution in [0.5, 0.6) is 0 Å². The molecule has 6 nitrogen and oxygen atoms in total. The lowest BCUT2D eigenvalue weighted by Crippen LogP contribution is -2.37. The molecule has 1 aromatic carbocycles. The van der Waals surface area contributed by atoms with E-state index in [1.54, 1.807) is 13.8 Å². The summed E-state index contributed by atoms with van der Waals surface area (Å²) in [5.74, 6) is -2.69. The summed E-state index contributed by atoms with van der Waals surface area (Å²) in [5.41, 5.74) is -0.600. The lowest BCUT2D eigenvalue weighted by atomic mass is 9.76. The van der Waals surface area contributed by atoms with Crippen LogP contribution in [0.4, 0.5) is 5.69 Å². The summed E-state index contributed by atoms with van der Waals surface area (Å²) in [5, 5.41) is 20.6. The molecule has 1 aromatic rings. The summed E-state index contributed by atoms with van der Waals surface area (Å²) in [6.07, 6.45) is -0.152. The summed E-state index contributed by atoms with van der Waals surface area (Å²) in [6, 6.07) is 5.68. The smallest absolute Gasteiger partial charge is 0.335 e. The number of hydrogen-bond acceptors (Lipinski definition) is 3. The first-order chi connectivity index (χ1) is 9.66. The van der Waals surface area contributed by atoms with Gasteiger partial charge in [-0.1, -0.05) is 13.8 Å². The van der Waals surface area contributed by atoms with E-state index in [9.17, 15) is 19.5 Å². The van der Waals surface area contributed by atoms with Gasteiger partial charge >= 0.3 is 11.9 Å². The summed E-state index contributed by atoms with van der Waals surface area (Å²) in [7, 11) is 0. The number of carboxylic acid groups (broad SMARTS) is 2. The zero-order chi connectivity index (χ0) is 16.2. The van der Waals surface area contributed by atoms with Gasteiger partial charge in [-0.25, -0.2) is 4.79 Å². The van der Waals surface area contributed by atoms with Crippen molar-refractivity contribution in [1.82, 2.24) is 0 Å². The standard InChI is InChI=1S/C15H19NO5/c1-9(2)15(3,14(20)21)8-12(17)16-11-6-4-10(5-7-11)13(18)19/h4-7,9H,8H2,1-3H3,(H,16,17)(H,18,19)(H,20,21). The number of benzene rings is 1. The molecule has 0 bridgehead atoms. The number of carbonyl (C=O) groups is 3. The first-order valence-corrected chi connectivity index (χ1v) is 6.53. The molecule has 1 atom stereocenters. The molecular formula is C15H19NO5. The number of aliphatic carboxylic acids is 1. The summed E-state index contributed by atoms with van der Waals surface area (Å²) >= 11 is 0. The largest absolute Gasteiger partial charge is 0.481 e. The van der Waals surface area contributed by atoms with Crippen LogP contribution in [0.2, 0.25) is 0 Å². The predicted molar refractivity (Wildman–Crippen MR) is 77.2 cm³/mol. The molecule has 0 aliphatic carbocycles. The minimum Gasteiger partial charge on any atom is -0.481 e. The molecule has 0 aliphatic rings. The van der Waals surface area contributed by atoms with Crippen LogP contribution < -0.4 is 5.32 Å². The van der Waals surface area contributed by atoms with E-state index in [0.717, 1.165) is 0 Å². The first kappa shape index (κ1) is 16.7. The lowest BCUT2D eigenvalue weighted by Gasteiger charge is -2.28.